The van der Waals surface area contributed by atoms with Gasteiger partial charge in [-0.2, -0.15) is 5.21 Å². The van der Waals surface area contributed by atoms with Crippen LogP contribution in [0.5, 0.6) is 0 Å². The van der Waals surface area contributed by atoms with Gasteiger partial charge in [0.15, 0.2) is 5.82 Å². The van der Waals surface area contributed by atoms with Gasteiger partial charge in [0.25, 0.3) is 5.91 Å². The molecule has 0 aromatic carbocycles. The molecule has 84 valence electrons. The van der Waals surface area contributed by atoms with Crippen molar-refractivity contribution in [1.82, 2.24) is 35.5 Å². The lowest BCUT2D eigenvalue weighted by atomic mass is 10.3. The van der Waals surface area contributed by atoms with Gasteiger partial charge in [-0.1, -0.05) is 9.70 Å². The maximum atomic E-state index is 11.8. The number of nitrogens with one attached hydrogen (secondary N) is 2. The van der Waals surface area contributed by atoms with Crippen LogP contribution in [0.1, 0.15) is 34.2 Å². The van der Waals surface area contributed by atoms with Crippen molar-refractivity contribution in [1.29, 1.82) is 0 Å². The largest absolute Gasteiger partial charge is 0.341 e. The molecular weight excluding hydrogens is 230 g/mol. The Labute approximate surface area is 94.6 Å². The summed E-state index contributed by atoms with van der Waals surface area (Å²) in [6.07, 6.45) is 0. The van der Waals surface area contributed by atoms with E-state index in [0.29, 0.717) is 16.4 Å². The summed E-state index contributed by atoms with van der Waals surface area (Å²) in [6, 6.07) is -0.312. The van der Waals surface area contributed by atoms with Crippen LogP contribution in [-0.4, -0.2) is 36.1 Å². The standard InChI is InChI=1S/C7H9N7OS/c1-3-5(16-14-9-3)7(15)8-4(2)6-10-12-13-11-6/h4H,1-2H3,(H,8,15)(H,10,11,12,13). The Morgan fingerprint density at radius 3 is 2.88 bits per heavy atom. The van der Waals surface area contributed by atoms with E-state index < -0.39 is 0 Å². The monoisotopic (exact) mass is 239 g/mol. The van der Waals surface area contributed by atoms with Crippen LogP contribution in [0.4, 0.5) is 0 Å². The molecule has 2 N–H and O–H groups in total. The molecule has 0 bridgehead atoms. The molecule has 0 spiro atoms. The molecule has 0 aliphatic rings. The lowest BCUT2D eigenvalue weighted by Crippen LogP contribution is -2.27. The van der Waals surface area contributed by atoms with Crippen molar-refractivity contribution in [2.24, 2.45) is 0 Å². The zero-order chi connectivity index (χ0) is 11.5. The van der Waals surface area contributed by atoms with Gasteiger partial charge in [-0.05, 0) is 25.4 Å². The second-order valence-corrected chi connectivity index (χ2v) is 3.91. The number of tetrazole rings is 1. The molecule has 16 heavy (non-hydrogen) atoms. The van der Waals surface area contributed by atoms with Gasteiger partial charge in [0, 0.05) is 0 Å². The first-order valence-corrected chi connectivity index (χ1v) is 5.29. The van der Waals surface area contributed by atoms with E-state index in [4.69, 9.17) is 0 Å². The first-order chi connectivity index (χ1) is 7.68. The van der Waals surface area contributed by atoms with E-state index in [2.05, 4.69) is 35.5 Å². The predicted molar refractivity (Wildman–Crippen MR) is 54.7 cm³/mol. The number of carbonyl (C=O) groups excluding carboxylic acids is 1. The number of carbonyl (C=O) groups is 1. The minimum absolute atomic E-state index is 0.232. The summed E-state index contributed by atoms with van der Waals surface area (Å²) in [5, 5.41) is 19.8. The van der Waals surface area contributed by atoms with Crippen molar-refractivity contribution in [2.75, 3.05) is 0 Å². The molecule has 0 saturated carbocycles. The molecular formula is C7H9N7OS. The average molecular weight is 239 g/mol. The highest BCUT2D eigenvalue weighted by Crippen LogP contribution is 2.11. The number of hydrogen-bond donors (Lipinski definition) is 2. The molecule has 0 radical (unpaired) electrons. The number of hydrogen-bond acceptors (Lipinski definition) is 7. The van der Waals surface area contributed by atoms with E-state index in [-0.39, 0.29) is 11.9 Å². The molecule has 9 heteroatoms. The summed E-state index contributed by atoms with van der Waals surface area (Å²) < 4.78 is 3.69. The highest BCUT2D eigenvalue weighted by molar-refractivity contribution is 7.07. The summed E-state index contributed by atoms with van der Waals surface area (Å²) in [4.78, 5) is 12.3. The third kappa shape index (κ3) is 2.03. The predicted octanol–water partition coefficient (Wildman–Crippen LogP) is -0.149. The summed E-state index contributed by atoms with van der Waals surface area (Å²) in [5.41, 5.74) is 0.614. The quantitative estimate of drug-likeness (QED) is 0.770. The smallest absolute Gasteiger partial charge is 0.265 e. The van der Waals surface area contributed by atoms with Crippen LogP contribution in [-0.2, 0) is 0 Å². The Morgan fingerprint density at radius 2 is 2.31 bits per heavy atom. The summed E-state index contributed by atoms with van der Waals surface area (Å²) in [6.45, 7) is 3.50. The molecule has 2 aromatic heterocycles. The third-order valence-corrected chi connectivity index (χ3v) is 2.78. The van der Waals surface area contributed by atoms with Gasteiger partial charge in [0.1, 0.15) is 4.88 Å². The van der Waals surface area contributed by atoms with Crippen LogP contribution in [0.3, 0.4) is 0 Å². The molecule has 0 aliphatic carbocycles. The molecule has 1 amide bonds. The third-order valence-electron chi connectivity index (χ3n) is 1.95. The van der Waals surface area contributed by atoms with Gasteiger partial charge >= 0.3 is 0 Å². The Hall–Kier alpha value is -1.90. The molecule has 2 heterocycles. The topological polar surface area (TPSA) is 109 Å². The fraction of sp³-hybridized carbons (Fsp3) is 0.429. The van der Waals surface area contributed by atoms with Crippen LogP contribution < -0.4 is 5.32 Å². The van der Waals surface area contributed by atoms with E-state index in [9.17, 15) is 4.79 Å². The van der Waals surface area contributed by atoms with Gasteiger partial charge in [-0.15, -0.1) is 15.3 Å². The van der Waals surface area contributed by atoms with Crippen molar-refractivity contribution < 1.29 is 4.79 Å². The summed E-state index contributed by atoms with van der Waals surface area (Å²) in [5.74, 6) is 0.202. The Morgan fingerprint density at radius 1 is 1.50 bits per heavy atom. The first-order valence-electron chi connectivity index (χ1n) is 4.51. The number of amides is 1. The van der Waals surface area contributed by atoms with E-state index in [1.165, 1.54) is 0 Å². The van der Waals surface area contributed by atoms with E-state index >= 15 is 0 Å². The Kier molecular flexibility index (Phi) is 2.86. The fourth-order valence-corrected chi connectivity index (χ4v) is 1.68. The normalized spacial score (nSPS) is 12.4. The molecule has 0 aliphatic heterocycles. The molecule has 0 saturated heterocycles. The van der Waals surface area contributed by atoms with Crippen LogP contribution in [0.15, 0.2) is 0 Å². The number of H-pyrrole nitrogens is 1. The highest BCUT2D eigenvalue weighted by Gasteiger charge is 2.18. The number of rotatable bonds is 3. The van der Waals surface area contributed by atoms with Gasteiger partial charge in [0.2, 0.25) is 0 Å². The second kappa shape index (κ2) is 4.31. The van der Waals surface area contributed by atoms with Crippen LogP contribution in [0.2, 0.25) is 0 Å². The van der Waals surface area contributed by atoms with Gasteiger partial charge in [-0.25, -0.2) is 0 Å². The van der Waals surface area contributed by atoms with Gasteiger partial charge < -0.3 is 5.32 Å². The van der Waals surface area contributed by atoms with Gasteiger partial charge in [-0.3, -0.25) is 4.79 Å². The number of aryl methyl sites for hydroxylation is 1. The maximum Gasteiger partial charge on any atom is 0.265 e. The van der Waals surface area contributed by atoms with Crippen molar-refractivity contribution >= 4 is 17.4 Å². The molecule has 2 aromatic rings. The number of aromatic nitrogens is 6. The Bertz CT molecular complexity index is 479. The van der Waals surface area contributed by atoms with Crippen molar-refractivity contribution in [2.45, 2.75) is 19.9 Å². The first kappa shape index (κ1) is 10.6. The van der Waals surface area contributed by atoms with Crippen molar-refractivity contribution in [3.05, 3.63) is 16.4 Å². The minimum atomic E-state index is -0.312. The highest BCUT2D eigenvalue weighted by atomic mass is 32.1. The zero-order valence-electron chi connectivity index (χ0n) is 8.63. The lowest BCUT2D eigenvalue weighted by Gasteiger charge is -2.08. The van der Waals surface area contributed by atoms with Crippen molar-refractivity contribution in [3.8, 4) is 0 Å². The molecule has 0 fully saturated rings. The van der Waals surface area contributed by atoms with E-state index in [1.807, 2.05) is 0 Å². The second-order valence-electron chi connectivity index (χ2n) is 3.15. The number of aromatic amines is 1. The van der Waals surface area contributed by atoms with Crippen LogP contribution in [0, 0.1) is 6.92 Å². The molecule has 2 rings (SSSR count). The number of nitrogens with zero attached hydrogens (tertiary/aromatic N) is 5. The molecule has 8 nitrogen and oxygen atoms in total. The van der Waals surface area contributed by atoms with E-state index in [1.54, 1.807) is 13.8 Å². The Balaban J connectivity index is 2.06. The summed E-state index contributed by atoms with van der Waals surface area (Å²) >= 11 is 1.06. The van der Waals surface area contributed by atoms with Crippen LogP contribution in [0.25, 0.3) is 0 Å². The zero-order valence-corrected chi connectivity index (χ0v) is 9.45. The summed E-state index contributed by atoms with van der Waals surface area (Å²) in [7, 11) is 0. The van der Waals surface area contributed by atoms with Crippen LogP contribution >= 0.6 is 11.5 Å². The van der Waals surface area contributed by atoms with Crippen molar-refractivity contribution in [3.63, 3.8) is 0 Å². The lowest BCUT2D eigenvalue weighted by molar-refractivity contribution is 0.0941. The van der Waals surface area contributed by atoms with Gasteiger partial charge in [0.05, 0.1) is 11.7 Å². The minimum Gasteiger partial charge on any atom is -0.341 e. The SMILES string of the molecule is Cc1nnsc1C(=O)NC(C)c1nn[nH]n1. The van der Waals surface area contributed by atoms with E-state index in [0.717, 1.165) is 11.5 Å². The maximum absolute atomic E-state index is 11.8. The molecule has 1 unspecified atom stereocenters. The average Bonchev–Trinajstić information content (AvgIpc) is 2.86. The molecule has 1 atom stereocenters. The fourth-order valence-electron chi connectivity index (χ4n) is 1.12.